The maximum absolute atomic E-state index is 13.9. The molecule has 2 aromatic heterocycles. The van der Waals surface area contributed by atoms with Gasteiger partial charge in [-0.05, 0) is 128 Å². The first kappa shape index (κ1) is 26.1. The molecule has 3 aliphatic rings. The largest absolute Gasteiger partial charge is 0.346 e. The predicted molar refractivity (Wildman–Crippen MR) is 159 cm³/mol. The summed E-state index contributed by atoms with van der Waals surface area (Å²) in [5.74, 6) is 1.01. The van der Waals surface area contributed by atoms with Crippen molar-refractivity contribution in [2.75, 3.05) is 26.2 Å². The Morgan fingerprint density at radius 2 is 1.63 bits per heavy atom. The van der Waals surface area contributed by atoms with Gasteiger partial charge in [-0.25, -0.2) is 0 Å². The monoisotopic (exact) mass is 532 g/mol. The summed E-state index contributed by atoms with van der Waals surface area (Å²) in [7, 11) is 0. The van der Waals surface area contributed by atoms with Crippen LogP contribution in [0.5, 0.6) is 0 Å². The second kappa shape index (κ2) is 10.1. The van der Waals surface area contributed by atoms with Crippen molar-refractivity contribution in [3.8, 4) is 11.3 Å². The Morgan fingerprint density at radius 3 is 2.24 bits per heavy atom. The van der Waals surface area contributed by atoms with Crippen molar-refractivity contribution < 1.29 is 4.79 Å². The van der Waals surface area contributed by atoms with Gasteiger partial charge in [0.05, 0.1) is 11.1 Å². The molecule has 1 amide bonds. The molecule has 0 spiro atoms. The highest BCUT2D eigenvalue weighted by Gasteiger charge is 2.47. The Labute approximate surface area is 231 Å². The number of aromatic amines is 1. The molecule has 2 bridgehead atoms. The highest BCUT2D eigenvalue weighted by Crippen LogP contribution is 2.44. The number of fused-ring (bicyclic) bond motifs is 3. The van der Waals surface area contributed by atoms with E-state index in [1.54, 1.807) is 11.3 Å². The number of carbonyl (C=O) groups is 1. The van der Waals surface area contributed by atoms with Crippen LogP contribution in [0, 0.1) is 19.8 Å². The van der Waals surface area contributed by atoms with Crippen LogP contribution in [-0.2, 0) is 16.6 Å². The molecule has 1 aromatic carbocycles. The lowest BCUT2D eigenvalue weighted by molar-refractivity contribution is -0.137. The summed E-state index contributed by atoms with van der Waals surface area (Å²) in [6.07, 6.45) is 8.16. The minimum absolute atomic E-state index is 0.324. The van der Waals surface area contributed by atoms with Crippen molar-refractivity contribution in [2.24, 2.45) is 11.7 Å². The fraction of sp³-hybridized carbons (Fsp3) is 0.594. The quantitative estimate of drug-likeness (QED) is 0.383. The second-order valence-electron chi connectivity index (χ2n) is 12.8. The van der Waals surface area contributed by atoms with Crippen LogP contribution in [-0.4, -0.2) is 59.0 Å². The third-order valence-corrected chi connectivity index (χ3v) is 11.0. The highest BCUT2D eigenvalue weighted by atomic mass is 32.1. The third kappa shape index (κ3) is 4.63. The molecule has 5 heterocycles. The zero-order chi connectivity index (χ0) is 26.6. The zero-order valence-corrected chi connectivity index (χ0v) is 24.4. The average Bonchev–Trinajstić information content (AvgIpc) is 3.67. The first-order valence-electron chi connectivity index (χ1n) is 14.7. The van der Waals surface area contributed by atoms with E-state index in [1.807, 2.05) is 0 Å². The van der Waals surface area contributed by atoms with E-state index in [4.69, 9.17) is 5.73 Å². The first-order valence-corrected chi connectivity index (χ1v) is 15.5. The molecule has 3 N–H and O–H groups in total. The standard InChI is InChI=1S/C32H44N4OS/c1-20-15-21(2)17-23(16-20)29-26(11-14-35-12-9-22(19-33)10-13-35)27-18-28(38-30(27)34-29)32(3,4)31(37)36-24-5-6-25(36)8-7-24/h15-18,22,24-25,34H,5-14,19,33H2,1-4H3. The number of benzene rings is 1. The maximum Gasteiger partial charge on any atom is 0.233 e. The van der Waals surface area contributed by atoms with Gasteiger partial charge in [-0.15, -0.1) is 11.3 Å². The van der Waals surface area contributed by atoms with Gasteiger partial charge in [-0.1, -0.05) is 17.2 Å². The van der Waals surface area contributed by atoms with Crippen molar-refractivity contribution in [3.63, 3.8) is 0 Å². The summed E-state index contributed by atoms with van der Waals surface area (Å²) in [6, 6.07) is 10.1. The van der Waals surface area contributed by atoms with Crippen LogP contribution >= 0.6 is 11.3 Å². The second-order valence-corrected chi connectivity index (χ2v) is 13.8. The van der Waals surface area contributed by atoms with Crippen LogP contribution in [0.25, 0.3) is 21.5 Å². The van der Waals surface area contributed by atoms with Gasteiger partial charge in [-0.2, -0.15) is 0 Å². The van der Waals surface area contributed by atoms with E-state index in [-0.39, 0.29) is 0 Å². The van der Waals surface area contributed by atoms with Crippen LogP contribution in [0.2, 0.25) is 0 Å². The molecule has 0 unspecified atom stereocenters. The maximum atomic E-state index is 13.9. The molecule has 5 nitrogen and oxygen atoms in total. The summed E-state index contributed by atoms with van der Waals surface area (Å²) in [4.78, 5) is 24.9. The Hall–Kier alpha value is -2.15. The number of carbonyl (C=O) groups excluding carboxylic acids is 1. The molecule has 204 valence electrons. The lowest BCUT2D eigenvalue weighted by atomic mass is 9.88. The van der Waals surface area contributed by atoms with Crippen LogP contribution in [0.15, 0.2) is 24.3 Å². The lowest BCUT2D eigenvalue weighted by Gasteiger charge is -2.32. The minimum atomic E-state index is -0.503. The molecule has 3 aliphatic heterocycles. The average molecular weight is 533 g/mol. The summed E-state index contributed by atoms with van der Waals surface area (Å²) < 4.78 is 0. The molecule has 0 saturated carbocycles. The fourth-order valence-electron chi connectivity index (χ4n) is 7.35. The summed E-state index contributed by atoms with van der Waals surface area (Å²) in [6.45, 7) is 12.8. The number of H-pyrrole nitrogens is 1. The number of aryl methyl sites for hydroxylation is 2. The van der Waals surface area contributed by atoms with Crippen molar-refractivity contribution in [1.29, 1.82) is 0 Å². The zero-order valence-electron chi connectivity index (χ0n) is 23.6. The molecule has 6 heteroatoms. The molecular formula is C32H44N4OS. The number of aromatic nitrogens is 1. The van der Waals surface area contributed by atoms with Crippen LogP contribution in [0.1, 0.15) is 73.9 Å². The van der Waals surface area contributed by atoms with E-state index in [9.17, 15) is 4.79 Å². The topological polar surface area (TPSA) is 65.4 Å². The van der Waals surface area contributed by atoms with E-state index in [2.05, 4.69) is 66.7 Å². The molecule has 0 aliphatic carbocycles. The van der Waals surface area contributed by atoms with Gasteiger partial charge in [0.25, 0.3) is 0 Å². The van der Waals surface area contributed by atoms with Crippen molar-refractivity contribution in [2.45, 2.75) is 90.1 Å². The molecule has 6 rings (SSSR count). The summed E-state index contributed by atoms with van der Waals surface area (Å²) >= 11 is 1.79. The smallest absolute Gasteiger partial charge is 0.233 e. The van der Waals surface area contributed by atoms with Crippen LogP contribution in [0.3, 0.4) is 0 Å². The van der Waals surface area contributed by atoms with Crippen molar-refractivity contribution in [3.05, 3.63) is 45.8 Å². The Kier molecular flexibility index (Phi) is 6.94. The van der Waals surface area contributed by atoms with E-state index < -0.39 is 5.41 Å². The van der Waals surface area contributed by atoms with Gasteiger partial charge in [0.15, 0.2) is 0 Å². The summed E-state index contributed by atoms with van der Waals surface area (Å²) in [5, 5.41) is 1.31. The molecule has 0 radical (unpaired) electrons. The number of hydrogen-bond donors (Lipinski definition) is 2. The predicted octanol–water partition coefficient (Wildman–Crippen LogP) is 6.16. The molecule has 0 atom stereocenters. The Bertz CT molecular complexity index is 1290. The van der Waals surface area contributed by atoms with Gasteiger partial charge >= 0.3 is 0 Å². The van der Waals surface area contributed by atoms with Crippen molar-refractivity contribution >= 4 is 27.5 Å². The first-order chi connectivity index (χ1) is 18.2. The number of hydrogen-bond acceptors (Lipinski definition) is 4. The van der Waals surface area contributed by atoms with Gasteiger partial charge < -0.3 is 20.5 Å². The number of thiophene rings is 1. The number of nitrogens with two attached hydrogens (primary N) is 1. The number of nitrogens with one attached hydrogen (secondary N) is 1. The fourth-order valence-corrected chi connectivity index (χ4v) is 8.54. The Morgan fingerprint density at radius 1 is 1.00 bits per heavy atom. The van der Waals surface area contributed by atoms with Crippen molar-refractivity contribution in [1.82, 2.24) is 14.8 Å². The van der Waals surface area contributed by atoms with E-state index in [1.165, 1.54) is 81.6 Å². The van der Waals surface area contributed by atoms with Gasteiger partial charge in [0, 0.05) is 28.9 Å². The van der Waals surface area contributed by atoms with E-state index in [0.29, 0.717) is 23.9 Å². The number of rotatable bonds is 7. The van der Waals surface area contributed by atoms with Crippen LogP contribution in [0.4, 0.5) is 0 Å². The van der Waals surface area contributed by atoms with E-state index >= 15 is 0 Å². The lowest BCUT2D eigenvalue weighted by Crippen LogP contribution is -2.45. The number of piperidine rings is 1. The number of amides is 1. The van der Waals surface area contributed by atoms with Gasteiger partial charge in [-0.3, -0.25) is 4.79 Å². The highest BCUT2D eigenvalue weighted by molar-refractivity contribution is 7.19. The molecule has 38 heavy (non-hydrogen) atoms. The summed E-state index contributed by atoms with van der Waals surface area (Å²) in [5.41, 5.74) is 11.9. The Balaban J connectivity index is 1.33. The minimum Gasteiger partial charge on any atom is -0.346 e. The third-order valence-electron chi connectivity index (χ3n) is 9.66. The van der Waals surface area contributed by atoms with E-state index in [0.717, 1.165) is 32.6 Å². The molecule has 3 saturated heterocycles. The van der Waals surface area contributed by atoms with Crippen LogP contribution < -0.4 is 5.73 Å². The van der Waals surface area contributed by atoms with Gasteiger partial charge in [0.2, 0.25) is 5.91 Å². The SMILES string of the molecule is Cc1cc(C)cc(-c2[nH]c3sc(C(C)(C)C(=O)N4C5CCC4CC5)cc3c2CCN2CCC(CN)CC2)c1. The normalized spacial score (nSPS) is 22.7. The molecule has 3 fully saturated rings. The molecular weight excluding hydrogens is 488 g/mol. The number of likely N-dealkylation sites (tertiary alicyclic amines) is 1. The molecule has 3 aromatic rings. The van der Waals surface area contributed by atoms with Gasteiger partial charge in [0.1, 0.15) is 4.83 Å². The number of nitrogens with zero attached hydrogens (tertiary/aromatic N) is 2.